The van der Waals surface area contributed by atoms with E-state index < -0.39 is 0 Å². The Morgan fingerprint density at radius 3 is 3.24 bits per heavy atom. The summed E-state index contributed by atoms with van der Waals surface area (Å²) in [4.78, 5) is 22.4. The van der Waals surface area contributed by atoms with Crippen molar-refractivity contribution < 1.29 is 9.53 Å². The van der Waals surface area contributed by atoms with Gasteiger partial charge in [0.1, 0.15) is 11.8 Å². The summed E-state index contributed by atoms with van der Waals surface area (Å²) in [7, 11) is 0. The number of rotatable bonds is 2. The Morgan fingerprint density at radius 2 is 2.41 bits per heavy atom. The first-order valence-corrected chi connectivity index (χ1v) is 6.00. The molecule has 90 valence electrons. The van der Waals surface area contributed by atoms with Gasteiger partial charge in [0.15, 0.2) is 0 Å². The lowest BCUT2D eigenvalue weighted by Crippen LogP contribution is -2.49. The van der Waals surface area contributed by atoms with Gasteiger partial charge in [0.05, 0.1) is 12.8 Å². The predicted molar refractivity (Wildman–Crippen MR) is 60.7 cm³/mol. The summed E-state index contributed by atoms with van der Waals surface area (Å²) in [5.41, 5.74) is 0.398. The Balaban J connectivity index is 1.71. The number of morpholine rings is 1. The molecular formula is C12H15N3O2. The summed E-state index contributed by atoms with van der Waals surface area (Å²) in [6.07, 6.45) is 6.62. The van der Waals surface area contributed by atoms with Crippen LogP contribution < -0.4 is 0 Å². The maximum atomic E-state index is 12.1. The van der Waals surface area contributed by atoms with Gasteiger partial charge >= 0.3 is 0 Å². The molecule has 5 nitrogen and oxygen atoms in total. The zero-order valence-corrected chi connectivity index (χ0v) is 9.58. The second-order valence-electron chi connectivity index (χ2n) is 4.57. The summed E-state index contributed by atoms with van der Waals surface area (Å²) in [5.74, 6) is -0.0524. The molecule has 5 heteroatoms. The molecule has 0 saturated carbocycles. The van der Waals surface area contributed by atoms with E-state index >= 15 is 0 Å². The number of fused-ring (bicyclic) bond motifs is 1. The maximum Gasteiger partial charge on any atom is 0.212 e. The van der Waals surface area contributed by atoms with Gasteiger partial charge in [-0.05, 0) is 19.4 Å². The summed E-state index contributed by atoms with van der Waals surface area (Å²) in [5, 5.41) is 0. The molecule has 1 aromatic rings. The van der Waals surface area contributed by atoms with Crippen LogP contribution in [0.3, 0.4) is 0 Å². The lowest BCUT2D eigenvalue weighted by atomic mass is 10.1. The van der Waals surface area contributed by atoms with E-state index in [-0.39, 0.29) is 11.9 Å². The van der Waals surface area contributed by atoms with Crippen LogP contribution in [-0.4, -0.2) is 52.5 Å². The molecule has 2 unspecified atom stereocenters. The van der Waals surface area contributed by atoms with Gasteiger partial charge in [0.25, 0.3) is 0 Å². The average molecular weight is 233 g/mol. The third kappa shape index (κ3) is 2.08. The van der Waals surface area contributed by atoms with Gasteiger partial charge in [0.2, 0.25) is 5.78 Å². The SMILES string of the molecule is O=C(c1cnccn1)C1CN2CCCC2CO1. The molecule has 2 aliphatic heterocycles. The van der Waals surface area contributed by atoms with E-state index in [9.17, 15) is 4.79 Å². The Kier molecular flexibility index (Phi) is 2.86. The van der Waals surface area contributed by atoms with E-state index in [0.29, 0.717) is 24.9 Å². The third-order valence-electron chi connectivity index (χ3n) is 3.50. The minimum absolute atomic E-state index is 0.0524. The molecule has 0 spiro atoms. The molecule has 1 aromatic heterocycles. The molecule has 0 aromatic carbocycles. The number of ether oxygens (including phenoxy) is 1. The van der Waals surface area contributed by atoms with Crippen LogP contribution in [0.2, 0.25) is 0 Å². The fraction of sp³-hybridized carbons (Fsp3) is 0.583. The summed E-state index contributed by atoms with van der Waals surface area (Å²) < 4.78 is 5.65. The number of nitrogens with zero attached hydrogens (tertiary/aromatic N) is 3. The van der Waals surface area contributed by atoms with Gasteiger partial charge in [-0.2, -0.15) is 0 Å². The van der Waals surface area contributed by atoms with Crippen LogP contribution in [0.25, 0.3) is 0 Å². The number of Topliss-reactive ketones (excluding diaryl/α,β-unsaturated/α-hetero) is 1. The number of hydrogen-bond acceptors (Lipinski definition) is 5. The quantitative estimate of drug-likeness (QED) is 0.697. The molecule has 17 heavy (non-hydrogen) atoms. The summed E-state index contributed by atoms with van der Waals surface area (Å²) >= 11 is 0. The normalized spacial score (nSPS) is 28.9. The molecule has 0 N–H and O–H groups in total. The third-order valence-corrected chi connectivity index (χ3v) is 3.50. The van der Waals surface area contributed by atoms with Crippen molar-refractivity contribution in [3.8, 4) is 0 Å². The molecule has 2 fully saturated rings. The zero-order chi connectivity index (χ0) is 11.7. The fourth-order valence-electron chi connectivity index (χ4n) is 2.57. The molecule has 3 heterocycles. The Hall–Kier alpha value is -1.33. The first-order chi connectivity index (χ1) is 8.34. The molecule has 0 radical (unpaired) electrons. The highest BCUT2D eigenvalue weighted by Crippen LogP contribution is 2.23. The highest BCUT2D eigenvalue weighted by Gasteiger charge is 2.35. The summed E-state index contributed by atoms with van der Waals surface area (Å²) in [6, 6.07) is 0.515. The van der Waals surface area contributed by atoms with Crippen LogP contribution in [0, 0.1) is 0 Å². The van der Waals surface area contributed by atoms with Gasteiger partial charge in [-0.15, -0.1) is 0 Å². The van der Waals surface area contributed by atoms with Gasteiger partial charge in [-0.1, -0.05) is 0 Å². The standard InChI is InChI=1S/C12H15N3O2/c16-12(10-6-13-3-4-14-10)11-7-15-5-1-2-9(15)8-17-11/h3-4,6,9,11H,1-2,5,7-8H2. The molecule has 3 rings (SSSR count). The van der Waals surface area contributed by atoms with Gasteiger partial charge < -0.3 is 4.74 Å². The second-order valence-corrected chi connectivity index (χ2v) is 4.57. The number of hydrogen-bond donors (Lipinski definition) is 0. The van der Waals surface area contributed by atoms with Crippen molar-refractivity contribution in [2.45, 2.75) is 25.0 Å². The van der Waals surface area contributed by atoms with Gasteiger partial charge in [-0.25, -0.2) is 4.98 Å². The Labute approximate surface area is 99.8 Å². The van der Waals surface area contributed by atoms with E-state index in [2.05, 4.69) is 14.9 Å². The first kappa shape index (κ1) is 10.8. The van der Waals surface area contributed by atoms with Gasteiger partial charge in [-0.3, -0.25) is 14.7 Å². The minimum Gasteiger partial charge on any atom is -0.367 e. The number of aromatic nitrogens is 2. The van der Waals surface area contributed by atoms with Crippen LogP contribution >= 0.6 is 0 Å². The molecule has 0 aliphatic carbocycles. The Bertz CT molecular complexity index is 409. The topological polar surface area (TPSA) is 55.3 Å². The van der Waals surface area contributed by atoms with Crippen molar-refractivity contribution in [3.63, 3.8) is 0 Å². The second kappa shape index (κ2) is 4.50. The predicted octanol–water partition coefficient (Wildman–Crippen LogP) is 0.522. The van der Waals surface area contributed by atoms with Crippen molar-refractivity contribution in [1.82, 2.24) is 14.9 Å². The fourth-order valence-corrected chi connectivity index (χ4v) is 2.57. The lowest BCUT2D eigenvalue weighted by Gasteiger charge is -2.34. The minimum atomic E-state index is -0.374. The summed E-state index contributed by atoms with van der Waals surface area (Å²) in [6.45, 7) is 2.44. The van der Waals surface area contributed by atoms with Crippen molar-refractivity contribution in [2.24, 2.45) is 0 Å². The van der Waals surface area contributed by atoms with Crippen molar-refractivity contribution >= 4 is 5.78 Å². The van der Waals surface area contributed by atoms with E-state index in [1.165, 1.54) is 25.2 Å². The zero-order valence-electron chi connectivity index (χ0n) is 9.58. The van der Waals surface area contributed by atoms with Crippen LogP contribution in [0.5, 0.6) is 0 Å². The number of ketones is 1. The molecule has 0 bridgehead atoms. The Morgan fingerprint density at radius 1 is 1.47 bits per heavy atom. The molecule has 2 aliphatic rings. The van der Waals surface area contributed by atoms with Crippen LogP contribution in [-0.2, 0) is 4.74 Å². The van der Waals surface area contributed by atoms with E-state index in [1.807, 2.05) is 0 Å². The number of carbonyl (C=O) groups is 1. The monoisotopic (exact) mass is 233 g/mol. The van der Waals surface area contributed by atoms with Crippen molar-refractivity contribution in [1.29, 1.82) is 0 Å². The van der Waals surface area contributed by atoms with Crippen molar-refractivity contribution in [3.05, 3.63) is 24.3 Å². The van der Waals surface area contributed by atoms with E-state index in [1.54, 1.807) is 6.20 Å². The smallest absolute Gasteiger partial charge is 0.212 e. The highest BCUT2D eigenvalue weighted by molar-refractivity contribution is 5.97. The largest absolute Gasteiger partial charge is 0.367 e. The van der Waals surface area contributed by atoms with E-state index in [0.717, 1.165) is 6.54 Å². The van der Waals surface area contributed by atoms with E-state index in [4.69, 9.17) is 4.74 Å². The van der Waals surface area contributed by atoms with Crippen LogP contribution in [0.1, 0.15) is 23.3 Å². The highest BCUT2D eigenvalue weighted by atomic mass is 16.5. The first-order valence-electron chi connectivity index (χ1n) is 6.00. The lowest BCUT2D eigenvalue weighted by molar-refractivity contribution is -0.0346. The average Bonchev–Trinajstić information content (AvgIpc) is 2.86. The maximum absolute atomic E-state index is 12.1. The molecule has 0 amide bonds. The van der Waals surface area contributed by atoms with Crippen LogP contribution in [0.15, 0.2) is 18.6 Å². The number of carbonyl (C=O) groups excluding carboxylic acids is 1. The van der Waals surface area contributed by atoms with Crippen LogP contribution in [0.4, 0.5) is 0 Å². The van der Waals surface area contributed by atoms with Crippen molar-refractivity contribution in [2.75, 3.05) is 19.7 Å². The molecule has 2 saturated heterocycles. The molecular weight excluding hydrogens is 218 g/mol. The molecule has 2 atom stereocenters. The van der Waals surface area contributed by atoms with Gasteiger partial charge in [0, 0.05) is 25.0 Å².